The van der Waals surface area contributed by atoms with E-state index in [0.717, 1.165) is 17.8 Å². The standard InChI is InChI=1S/C14H11F3N4/c1-9-3-2-4-12-19-13(20-21(9)12)18-11-7-5-10(6-8-11)14(15,16)17/h2-8H,1H3,(H,18,20). The Labute approximate surface area is 118 Å². The molecule has 1 N–H and O–H groups in total. The van der Waals surface area contributed by atoms with Gasteiger partial charge in [-0.15, -0.1) is 5.10 Å². The summed E-state index contributed by atoms with van der Waals surface area (Å²) in [4.78, 5) is 4.26. The predicted octanol–water partition coefficient (Wildman–Crippen LogP) is 3.80. The Hall–Kier alpha value is -2.57. The van der Waals surface area contributed by atoms with E-state index in [4.69, 9.17) is 0 Å². The minimum Gasteiger partial charge on any atom is -0.323 e. The Bertz CT molecular complexity index is 775. The summed E-state index contributed by atoms with van der Waals surface area (Å²) >= 11 is 0. The van der Waals surface area contributed by atoms with Crippen LogP contribution in [-0.2, 0) is 6.18 Å². The third-order valence-electron chi connectivity index (χ3n) is 3.02. The van der Waals surface area contributed by atoms with Crippen molar-refractivity contribution in [2.24, 2.45) is 0 Å². The lowest BCUT2D eigenvalue weighted by molar-refractivity contribution is -0.137. The van der Waals surface area contributed by atoms with Crippen molar-refractivity contribution in [1.82, 2.24) is 14.6 Å². The highest BCUT2D eigenvalue weighted by molar-refractivity contribution is 5.56. The van der Waals surface area contributed by atoms with Gasteiger partial charge >= 0.3 is 6.18 Å². The lowest BCUT2D eigenvalue weighted by atomic mass is 10.2. The molecule has 2 heterocycles. The van der Waals surface area contributed by atoms with Crippen molar-refractivity contribution >= 4 is 17.3 Å². The van der Waals surface area contributed by atoms with Crippen molar-refractivity contribution in [1.29, 1.82) is 0 Å². The Balaban J connectivity index is 1.87. The van der Waals surface area contributed by atoms with Gasteiger partial charge in [-0.1, -0.05) is 6.07 Å². The van der Waals surface area contributed by atoms with Gasteiger partial charge in [0.1, 0.15) is 0 Å². The lowest BCUT2D eigenvalue weighted by Crippen LogP contribution is -2.04. The molecule has 0 saturated carbocycles. The zero-order chi connectivity index (χ0) is 15.0. The minimum atomic E-state index is -4.34. The van der Waals surface area contributed by atoms with Crippen molar-refractivity contribution in [2.45, 2.75) is 13.1 Å². The maximum absolute atomic E-state index is 12.5. The van der Waals surface area contributed by atoms with Crippen molar-refractivity contribution in [3.63, 3.8) is 0 Å². The van der Waals surface area contributed by atoms with Gasteiger partial charge in [0.2, 0.25) is 5.95 Å². The number of nitrogens with one attached hydrogen (secondary N) is 1. The Morgan fingerprint density at radius 3 is 2.38 bits per heavy atom. The molecule has 1 aromatic carbocycles. The first-order valence-corrected chi connectivity index (χ1v) is 6.20. The summed E-state index contributed by atoms with van der Waals surface area (Å²) in [5.74, 6) is 0.337. The summed E-state index contributed by atoms with van der Waals surface area (Å²) in [5, 5.41) is 7.14. The SMILES string of the molecule is Cc1cccc2nc(Nc3ccc(C(F)(F)F)cc3)nn12. The molecule has 0 aliphatic rings. The van der Waals surface area contributed by atoms with Gasteiger partial charge in [-0.05, 0) is 43.3 Å². The van der Waals surface area contributed by atoms with Gasteiger partial charge in [0.15, 0.2) is 5.65 Å². The lowest BCUT2D eigenvalue weighted by Gasteiger charge is -2.07. The van der Waals surface area contributed by atoms with Crippen LogP contribution < -0.4 is 5.32 Å². The fraction of sp³-hybridized carbons (Fsp3) is 0.143. The van der Waals surface area contributed by atoms with Gasteiger partial charge in [0.05, 0.1) is 5.56 Å². The van der Waals surface area contributed by atoms with Crippen LogP contribution in [-0.4, -0.2) is 14.6 Å². The number of fused-ring (bicyclic) bond motifs is 1. The van der Waals surface area contributed by atoms with Gasteiger partial charge in [-0.2, -0.15) is 18.2 Å². The molecule has 0 radical (unpaired) electrons. The predicted molar refractivity (Wildman–Crippen MR) is 72.5 cm³/mol. The number of halogens is 3. The number of aryl methyl sites for hydroxylation is 1. The molecule has 0 bridgehead atoms. The summed E-state index contributed by atoms with van der Waals surface area (Å²) < 4.78 is 39.1. The second kappa shape index (κ2) is 4.76. The van der Waals surface area contributed by atoms with Crippen LogP contribution in [0.15, 0.2) is 42.5 Å². The van der Waals surface area contributed by atoms with Crippen molar-refractivity contribution in [3.8, 4) is 0 Å². The number of aromatic nitrogens is 3. The van der Waals surface area contributed by atoms with E-state index in [9.17, 15) is 13.2 Å². The molecule has 0 spiro atoms. The van der Waals surface area contributed by atoms with E-state index >= 15 is 0 Å². The van der Waals surface area contributed by atoms with Crippen LogP contribution in [0.1, 0.15) is 11.3 Å². The van der Waals surface area contributed by atoms with E-state index in [1.165, 1.54) is 12.1 Å². The molecule has 0 aliphatic heterocycles. The van der Waals surface area contributed by atoms with Gasteiger partial charge in [-0.3, -0.25) is 0 Å². The fourth-order valence-electron chi connectivity index (χ4n) is 1.96. The molecule has 4 nitrogen and oxygen atoms in total. The summed E-state index contributed by atoms with van der Waals surface area (Å²) in [7, 11) is 0. The van der Waals surface area contributed by atoms with Crippen LogP contribution in [0, 0.1) is 6.92 Å². The summed E-state index contributed by atoms with van der Waals surface area (Å²) in [6.07, 6.45) is -4.34. The summed E-state index contributed by atoms with van der Waals surface area (Å²) in [5.41, 5.74) is 1.40. The van der Waals surface area contributed by atoms with Gasteiger partial charge < -0.3 is 5.32 Å². The first kappa shape index (κ1) is 13.4. The third kappa shape index (κ3) is 2.67. The molecule has 0 saturated heterocycles. The quantitative estimate of drug-likeness (QED) is 0.781. The van der Waals surface area contributed by atoms with Gasteiger partial charge in [-0.25, -0.2) is 4.52 Å². The smallest absolute Gasteiger partial charge is 0.323 e. The monoisotopic (exact) mass is 292 g/mol. The van der Waals surface area contributed by atoms with Crippen LogP contribution >= 0.6 is 0 Å². The summed E-state index contributed by atoms with van der Waals surface area (Å²) in [6.45, 7) is 1.89. The fourth-order valence-corrected chi connectivity index (χ4v) is 1.96. The van der Waals surface area contributed by atoms with Crippen molar-refractivity contribution in [2.75, 3.05) is 5.32 Å². The minimum absolute atomic E-state index is 0.337. The van der Waals surface area contributed by atoms with E-state index in [0.29, 0.717) is 17.3 Å². The Morgan fingerprint density at radius 1 is 1.05 bits per heavy atom. The van der Waals surface area contributed by atoms with Crippen molar-refractivity contribution < 1.29 is 13.2 Å². The highest BCUT2D eigenvalue weighted by Gasteiger charge is 2.29. The Kier molecular flexibility index (Phi) is 3.04. The molecule has 0 unspecified atom stereocenters. The topological polar surface area (TPSA) is 42.2 Å². The van der Waals surface area contributed by atoms with E-state index in [1.807, 2.05) is 19.1 Å². The molecule has 3 rings (SSSR count). The number of benzene rings is 1. The molecule has 3 aromatic rings. The maximum atomic E-state index is 12.5. The molecule has 0 amide bonds. The second-order valence-corrected chi connectivity index (χ2v) is 4.57. The van der Waals surface area contributed by atoms with Gasteiger partial charge in [0.25, 0.3) is 0 Å². The molecular weight excluding hydrogens is 281 g/mol. The normalized spacial score (nSPS) is 11.8. The molecule has 0 fully saturated rings. The van der Waals surface area contributed by atoms with E-state index < -0.39 is 11.7 Å². The number of hydrogen-bond donors (Lipinski definition) is 1. The van der Waals surface area contributed by atoms with Crippen molar-refractivity contribution in [3.05, 3.63) is 53.7 Å². The molecule has 0 atom stereocenters. The highest BCUT2D eigenvalue weighted by atomic mass is 19.4. The number of hydrogen-bond acceptors (Lipinski definition) is 3. The number of anilines is 2. The third-order valence-corrected chi connectivity index (χ3v) is 3.02. The van der Waals surface area contributed by atoms with E-state index in [1.54, 1.807) is 10.6 Å². The molecule has 2 aromatic heterocycles. The van der Waals surface area contributed by atoms with Crippen LogP contribution in [0.2, 0.25) is 0 Å². The largest absolute Gasteiger partial charge is 0.416 e. The first-order chi connectivity index (χ1) is 9.93. The number of pyridine rings is 1. The molecule has 7 heteroatoms. The first-order valence-electron chi connectivity index (χ1n) is 6.20. The number of alkyl halides is 3. The van der Waals surface area contributed by atoms with Gasteiger partial charge in [0, 0.05) is 11.4 Å². The van der Waals surface area contributed by atoms with Crippen LogP contribution in [0.3, 0.4) is 0 Å². The Morgan fingerprint density at radius 2 is 1.76 bits per heavy atom. The zero-order valence-corrected chi connectivity index (χ0v) is 11.0. The summed E-state index contributed by atoms with van der Waals surface area (Å²) in [6, 6.07) is 10.3. The highest BCUT2D eigenvalue weighted by Crippen LogP contribution is 2.30. The molecule has 21 heavy (non-hydrogen) atoms. The molecular formula is C14H11F3N4. The maximum Gasteiger partial charge on any atom is 0.416 e. The average molecular weight is 292 g/mol. The average Bonchev–Trinajstić information content (AvgIpc) is 2.82. The van der Waals surface area contributed by atoms with Crippen LogP contribution in [0.25, 0.3) is 5.65 Å². The van der Waals surface area contributed by atoms with Crippen LogP contribution in [0.5, 0.6) is 0 Å². The number of nitrogens with zero attached hydrogens (tertiary/aromatic N) is 3. The molecule has 0 aliphatic carbocycles. The number of rotatable bonds is 2. The zero-order valence-electron chi connectivity index (χ0n) is 11.0. The van der Waals surface area contributed by atoms with Crippen LogP contribution in [0.4, 0.5) is 24.8 Å². The second-order valence-electron chi connectivity index (χ2n) is 4.57. The van der Waals surface area contributed by atoms with E-state index in [2.05, 4.69) is 15.4 Å². The molecule has 108 valence electrons. The van der Waals surface area contributed by atoms with E-state index in [-0.39, 0.29) is 0 Å².